The van der Waals surface area contributed by atoms with Gasteiger partial charge in [0, 0.05) is 19.2 Å². The molecule has 0 radical (unpaired) electrons. The van der Waals surface area contributed by atoms with Crippen LogP contribution in [0.1, 0.15) is 46.0 Å². The van der Waals surface area contributed by atoms with Gasteiger partial charge >= 0.3 is 0 Å². The van der Waals surface area contributed by atoms with E-state index in [1.165, 1.54) is 45.2 Å². The van der Waals surface area contributed by atoms with Gasteiger partial charge in [-0.3, -0.25) is 4.90 Å². The third-order valence-electron chi connectivity index (χ3n) is 3.73. The lowest BCUT2D eigenvalue weighted by Gasteiger charge is -2.46. The third-order valence-corrected chi connectivity index (χ3v) is 3.73. The van der Waals surface area contributed by atoms with E-state index in [1.807, 2.05) is 0 Å². The van der Waals surface area contributed by atoms with Crippen molar-refractivity contribution >= 4 is 0 Å². The molecule has 0 N–H and O–H groups in total. The molecule has 2 saturated heterocycles. The van der Waals surface area contributed by atoms with Crippen molar-refractivity contribution in [2.24, 2.45) is 0 Å². The van der Waals surface area contributed by atoms with E-state index in [-0.39, 0.29) is 5.60 Å². The van der Waals surface area contributed by atoms with Crippen molar-refractivity contribution in [2.75, 3.05) is 19.7 Å². The quantitative estimate of drug-likeness (QED) is 0.640. The van der Waals surface area contributed by atoms with Crippen molar-refractivity contribution in [3.05, 3.63) is 0 Å². The first kappa shape index (κ1) is 10.4. The molecule has 1 atom stereocenters. The largest absolute Gasteiger partial charge is 0.374 e. The Morgan fingerprint density at radius 1 is 1.14 bits per heavy atom. The zero-order chi connectivity index (χ0) is 10.0. The van der Waals surface area contributed by atoms with Gasteiger partial charge in [0.25, 0.3) is 0 Å². The highest BCUT2D eigenvalue weighted by Crippen LogP contribution is 2.34. The molecule has 2 aliphatic rings. The molecule has 1 unspecified atom stereocenters. The standard InChI is InChI=1S/C12H23NO/c1-11(2)13-8-5-7-12(10-13)6-3-4-9-14-12/h11H,3-10H2,1-2H3. The minimum absolute atomic E-state index is 0.237. The molecule has 0 saturated carbocycles. The fourth-order valence-corrected chi connectivity index (χ4v) is 2.81. The van der Waals surface area contributed by atoms with Crippen LogP contribution in [0.4, 0.5) is 0 Å². The van der Waals surface area contributed by atoms with Crippen LogP contribution >= 0.6 is 0 Å². The number of likely N-dealkylation sites (tertiary alicyclic amines) is 1. The van der Waals surface area contributed by atoms with E-state index >= 15 is 0 Å². The Balaban J connectivity index is 1.97. The lowest BCUT2D eigenvalue weighted by atomic mass is 9.85. The molecule has 2 fully saturated rings. The van der Waals surface area contributed by atoms with E-state index in [9.17, 15) is 0 Å². The Morgan fingerprint density at radius 3 is 2.57 bits per heavy atom. The fraction of sp³-hybridized carbons (Fsp3) is 1.00. The van der Waals surface area contributed by atoms with Crippen LogP contribution in [0.25, 0.3) is 0 Å². The van der Waals surface area contributed by atoms with Crippen LogP contribution < -0.4 is 0 Å². The minimum Gasteiger partial charge on any atom is -0.374 e. The fourth-order valence-electron chi connectivity index (χ4n) is 2.81. The molecule has 2 aliphatic heterocycles. The van der Waals surface area contributed by atoms with Gasteiger partial charge in [-0.2, -0.15) is 0 Å². The molecule has 2 nitrogen and oxygen atoms in total. The molecule has 1 spiro atoms. The maximum absolute atomic E-state index is 6.05. The molecule has 82 valence electrons. The van der Waals surface area contributed by atoms with Gasteiger partial charge in [0.15, 0.2) is 0 Å². The molecule has 14 heavy (non-hydrogen) atoms. The van der Waals surface area contributed by atoms with Gasteiger partial charge in [-0.25, -0.2) is 0 Å². The summed E-state index contributed by atoms with van der Waals surface area (Å²) in [5.74, 6) is 0. The van der Waals surface area contributed by atoms with Crippen LogP contribution in [0.15, 0.2) is 0 Å². The maximum atomic E-state index is 6.05. The van der Waals surface area contributed by atoms with Gasteiger partial charge in [0.05, 0.1) is 5.60 Å². The topological polar surface area (TPSA) is 12.5 Å². The predicted molar refractivity (Wildman–Crippen MR) is 58.5 cm³/mol. The van der Waals surface area contributed by atoms with Crippen molar-refractivity contribution in [1.82, 2.24) is 4.90 Å². The summed E-state index contributed by atoms with van der Waals surface area (Å²) in [5.41, 5.74) is 0.237. The van der Waals surface area contributed by atoms with Crippen molar-refractivity contribution in [1.29, 1.82) is 0 Å². The Hall–Kier alpha value is -0.0800. The van der Waals surface area contributed by atoms with Crippen LogP contribution in [-0.2, 0) is 4.74 Å². The molecular formula is C12H23NO. The second kappa shape index (κ2) is 4.19. The molecule has 0 bridgehead atoms. The Labute approximate surface area is 87.6 Å². The molecule has 0 amide bonds. The van der Waals surface area contributed by atoms with E-state index in [1.54, 1.807) is 0 Å². The van der Waals surface area contributed by atoms with E-state index in [0.29, 0.717) is 6.04 Å². The van der Waals surface area contributed by atoms with Crippen LogP contribution in [0.3, 0.4) is 0 Å². The van der Waals surface area contributed by atoms with Crippen LogP contribution in [0.5, 0.6) is 0 Å². The summed E-state index contributed by atoms with van der Waals surface area (Å²) in [6, 6.07) is 0.678. The summed E-state index contributed by atoms with van der Waals surface area (Å²) in [7, 11) is 0. The van der Waals surface area contributed by atoms with Crippen molar-refractivity contribution in [3.8, 4) is 0 Å². The summed E-state index contributed by atoms with van der Waals surface area (Å²) in [6.45, 7) is 8.02. The number of ether oxygens (including phenoxy) is 1. The van der Waals surface area contributed by atoms with Gasteiger partial charge in [-0.1, -0.05) is 0 Å². The Bertz CT molecular complexity index is 179. The molecule has 0 aromatic carbocycles. The summed E-state index contributed by atoms with van der Waals surface area (Å²) in [5, 5.41) is 0. The van der Waals surface area contributed by atoms with Crippen LogP contribution in [0.2, 0.25) is 0 Å². The number of hydrogen-bond acceptors (Lipinski definition) is 2. The normalized spacial score (nSPS) is 35.4. The molecule has 0 aliphatic carbocycles. The van der Waals surface area contributed by atoms with Gasteiger partial charge < -0.3 is 4.74 Å². The highest BCUT2D eigenvalue weighted by atomic mass is 16.5. The average molecular weight is 197 g/mol. The molecule has 2 heteroatoms. The van der Waals surface area contributed by atoms with Gasteiger partial charge in [0.2, 0.25) is 0 Å². The third kappa shape index (κ3) is 2.12. The van der Waals surface area contributed by atoms with Crippen LogP contribution in [-0.4, -0.2) is 36.2 Å². The maximum Gasteiger partial charge on any atom is 0.0809 e. The highest BCUT2D eigenvalue weighted by Gasteiger charge is 2.38. The number of piperidine rings is 1. The monoisotopic (exact) mass is 197 g/mol. The molecule has 0 aromatic rings. The Morgan fingerprint density at radius 2 is 1.93 bits per heavy atom. The SMILES string of the molecule is CC(C)N1CCCC2(CCCCO2)C1. The zero-order valence-corrected chi connectivity index (χ0v) is 9.59. The lowest BCUT2D eigenvalue weighted by Crippen LogP contribution is -2.53. The summed E-state index contributed by atoms with van der Waals surface area (Å²) in [6.07, 6.45) is 6.53. The molecule has 2 rings (SSSR count). The van der Waals surface area contributed by atoms with Gasteiger partial charge in [-0.15, -0.1) is 0 Å². The minimum atomic E-state index is 0.237. The summed E-state index contributed by atoms with van der Waals surface area (Å²) < 4.78 is 6.05. The van der Waals surface area contributed by atoms with Crippen molar-refractivity contribution in [2.45, 2.75) is 57.6 Å². The Kier molecular flexibility index (Phi) is 3.13. The van der Waals surface area contributed by atoms with Gasteiger partial charge in [0.1, 0.15) is 0 Å². The number of hydrogen-bond donors (Lipinski definition) is 0. The predicted octanol–water partition coefficient (Wildman–Crippen LogP) is 2.43. The lowest BCUT2D eigenvalue weighted by molar-refractivity contribution is -0.120. The van der Waals surface area contributed by atoms with E-state index < -0.39 is 0 Å². The smallest absolute Gasteiger partial charge is 0.0809 e. The van der Waals surface area contributed by atoms with E-state index in [2.05, 4.69) is 18.7 Å². The van der Waals surface area contributed by atoms with Crippen LogP contribution in [0, 0.1) is 0 Å². The molecule has 2 heterocycles. The summed E-state index contributed by atoms with van der Waals surface area (Å²) in [4.78, 5) is 2.58. The average Bonchev–Trinajstić information content (AvgIpc) is 2.19. The summed E-state index contributed by atoms with van der Waals surface area (Å²) >= 11 is 0. The number of nitrogens with zero attached hydrogens (tertiary/aromatic N) is 1. The van der Waals surface area contributed by atoms with Crippen molar-refractivity contribution < 1.29 is 4.74 Å². The second-order valence-electron chi connectivity index (χ2n) is 5.16. The van der Waals surface area contributed by atoms with Gasteiger partial charge in [-0.05, 0) is 52.5 Å². The first-order chi connectivity index (χ1) is 6.72. The molecule has 0 aromatic heterocycles. The van der Waals surface area contributed by atoms with Crippen molar-refractivity contribution in [3.63, 3.8) is 0 Å². The number of rotatable bonds is 1. The first-order valence-electron chi connectivity index (χ1n) is 6.10. The first-order valence-corrected chi connectivity index (χ1v) is 6.10. The highest BCUT2D eigenvalue weighted by molar-refractivity contribution is 4.91. The van der Waals surface area contributed by atoms with E-state index in [0.717, 1.165) is 6.61 Å². The second-order valence-corrected chi connectivity index (χ2v) is 5.16. The molecular weight excluding hydrogens is 174 g/mol. The zero-order valence-electron chi connectivity index (χ0n) is 9.59. The van der Waals surface area contributed by atoms with E-state index in [4.69, 9.17) is 4.74 Å².